The molecule has 0 aliphatic carbocycles. The third kappa shape index (κ3) is 3.24. The van der Waals surface area contributed by atoms with Gasteiger partial charge in [-0.15, -0.1) is 5.10 Å². The Hall–Kier alpha value is -2.97. The molecule has 9 nitrogen and oxygen atoms in total. The zero-order valence-corrected chi connectivity index (χ0v) is 14.5. The maximum Gasteiger partial charge on any atom is 0.289 e. The summed E-state index contributed by atoms with van der Waals surface area (Å²) in [6.45, 7) is 3.37. The van der Waals surface area contributed by atoms with Gasteiger partial charge in [0.25, 0.3) is 11.8 Å². The highest BCUT2D eigenvalue weighted by molar-refractivity contribution is 5.91. The lowest BCUT2D eigenvalue weighted by atomic mass is 10.1. The van der Waals surface area contributed by atoms with Gasteiger partial charge in [-0.05, 0) is 31.4 Å². The number of carbonyl (C=O) groups excluding carboxylic acids is 1. The van der Waals surface area contributed by atoms with E-state index in [9.17, 15) is 4.79 Å². The largest absolute Gasteiger partial charge is 0.459 e. The van der Waals surface area contributed by atoms with Gasteiger partial charge in [-0.1, -0.05) is 17.3 Å². The van der Waals surface area contributed by atoms with Gasteiger partial charge in [0.1, 0.15) is 0 Å². The van der Waals surface area contributed by atoms with Gasteiger partial charge in [0.2, 0.25) is 0 Å². The fraction of sp³-hybridized carbons (Fsp3) is 0.471. The maximum atomic E-state index is 12.3. The molecule has 1 aliphatic rings. The average Bonchev–Trinajstić information content (AvgIpc) is 3.42. The van der Waals surface area contributed by atoms with Crippen molar-refractivity contribution in [2.45, 2.75) is 38.6 Å². The number of hydrogen-bond acceptors (Lipinski definition) is 7. The Morgan fingerprint density at radius 1 is 1.35 bits per heavy atom. The molecule has 1 fully saturated rings. The first-order valence-electron chi connectivity index (χ1n) is 8.82. The van der Waals surface area contributed by atoms with E-state index >= 15 is 0 Å². The lowest BCUT2D eigenvalue weighted by Crippen LogP contribution is -2.39. The number of hydrogen-bond donors (Lipinski definition) is 0. The molecule has 0 spiro atoms. The summed E-state index contributed by atoms with van der Waals surface area (Å²) in [4.78, 5) is 18.5. The number of carbonyl (C=O) groups is 1. The highest BCUT2D eigenvalue weighted by Gasteiger charge is 2.27. The van der Waals surface area contributed by atoms with Crippen LogP contribution in [0.5, 0.6) is 0 Å². The smallest absolute Gasteiger partial charge is 0.289 e. The summed E-state index contributed by atoms with van der Waals surface area (Å²) in [5.74, 6) is 1.39. The number of nitrogens with zero attached hydrogens (tertiary/aromatic N) is 6. The van der Waals surface area contributed by atoms with Crippen molar-refractivity contribution in [3.63, 3.8) is 0 Å². The second kappa shape index (κ2) is 7.11. The van der Waals surface area contributed by atoms with Crippen LogP contribution in [0.2, 0.25) is 0 Å². The summed E-state index contributed by atoms with van der Waals surface area (Å²) >= 11 is 0. The average molecular weight is 356 g/mol. The van der Waals surface area contributed by atoms with Crippen molar-refractivity contribution in [3.8, 4) is 11.6 Å². The van der Waals surface area contributed by atoms with Crippen molar-refractivity contribution in [2.24, 2.45) is 0 Å². The Bertz CT molecular complexity index is 861. The van der Waals surface area contributed by atoms with Crippen molar-refractivity contribution in [3.05, 3.63) is 36.2 Å². The SMILES string of the molecule is CCCc1noc(-c2cn(C3CCN(C(=O)c4ccco4)CC3)nn2)n1. The van der Waals surface area contributed by atoms with Gasteiger partial charge in [-0.2, -0.15) is 4.98 Å². The molecule has 26 heavy (non-hydrogen) atoms. The summed E-state index contributed by atoms with van der Waals surface area (Å²) in [7, 11) is 0. The van der Waals surface area contributed by atoms with Gasteiger partial charge in [0.15, 0.2) is 17.3 Å². The Kier molecular flexibility index (Phi) is 4.51. The summed E-state index contributed by atoms with van der Waals surface area (Å²) in [6.07, 6.45) is 6.69. The molecule has 0 atom stereocenters. The molecule has 0 radical (unpaired) electrons. The predicted molar refractivity (Wildman–Crippen MR) is 90.2 cm³/mol. The molecular formula is C17H20N6O3. The Morgan fingerprint density at radius 3 is 2.92 bits per heavy atom. The van der Waals surface area contributed by atoms with Gasteiger partial charge in [0.05, 0.1) is 18.5 Å². The minimum absolute atomic E-state index is 0.0676. The lowest BCUT2D eigenvalue weighted by molar-refractivity contribution is 0.0657. The zero-order chi connectivity index (χ0) is 17.9. The fourth-order valence-electron chi connectivity index (χ4n) is 3.13. The minimum atomic E-state index is -0.0676. The summed E-state index contributed by atoms with van der Waals surface area (Å²) in [6, 6.07) is 3.60. The van der Waals surface area contributed by atoms with Crippen molar-refractivity contribution in [2.75, 3.05) is 13.1 Å². The summed E-state index contributed by atoms with van der Waals surface area (Å²) in [5, 5.41) is 12.3. The molecule has 1 saturated heterocycles. The lowest BCUT2D eigenvalue weighted by Gasteiger charge is -2.31. The molecule has 3 aromatic heterocycles. The molecular weight excluding hydrogens is 336 g/mol. The van der Waals surface area contributed by atoms with Crippen molar-refractivity contribution < 1.29 is 13.7 Å². The molecule has 1 amide bonds. The van der Waals surface area contributed by atoms with E-state index in [0.717, 1.165) is 25.7 Å². The number of rotatable bonds is 5. The van der Waals surface area contributed by atoms with E-state index in [0.29, 0.717) is 36.3 Å². The van der Waals surface area contributed by atoms with Crippen molar-refractivity contribution in [1.82, 2.24) is 30.0 Å². The van der Waals surface area contributed by atoms with Crippen LogP contribution in [-0.2, 0) is 6.42 Å². The van der Waals surface area contributed by atoms with Gasteiger partial charge < -0.3 is 13.8 Å². The maximum absolute atomic E-state index is 12.3. The quantitative estimate of drug-likeness (QED) is 0.691. The molecule has 136 valence electrons. The van der Waals surface area contributed by atoms with E-state index in [4.69, 9.17) is 8.94 Å². The van der Waals surface area contributed by atoms with E-state index in [2.05, 4.69) is 27.4 Å². The molecule has 4 rings (SSSR count). The third-order valence-electron chi connectivity index (χ3n) is 4.53. The normalized spacial score (nSPS) is 15.5. The van der Waals surface area contributed by atoms with E-state index in [1.807, 2.05) is 15.8 Å². The monoisotopic (exact) mass is 356 g/mol. The van der Waals surface area contributed by atoms with Crippen LogP contribution in [0.25, 0.3) is 11.6 Å². The van der Waals surface area contributed by atoms with Gasteiger partial charge in [-0.3, -0.25) is 4.79 Å². The molecule has 3 aromatic rings. The van der Waals surface area contributed by atoms with Crippen LogP contribution in [0.4, 0.5) is 0 Å². The highest BCUT2D eigenvalue weighted by atomic mass is 16.5. The van der Waals surface area contributed by atoms with E-state index in [1.165, 1.54) is 6.26 Å². The molecule has 0 N–H and O–H groups in total. The summed E-state index contributed by atoms with van der Waals surface area (Å²) in [5.41, 5.74) is 0.578. The van der Waals surface area contributed by atoms with Crippen LogP contribution in [-0.4, -0.2) is 49.0 Å². The number of aryl methyl sites for hydroxylation is 1. The first-order valence-corrected chi connectivity index (χ1v) is 8.82. The van der Waals surface area contributed by atoms with Gasteiger partial charge in [0, 0.05) is 19.5 Å². The number of amides is 1. The van der Waals surface area contributed by atoms with Crippen LogP contribution in [0, 0.1) is 0 Å². The molecule has 4 heterocycles. The first-order chi connectivity index (χ1) is 12.7. The van der Waals surface area contributed by atoms with Crippen molar-refractivity contribution in [1.29, 1.82) is 0 Å². The Morgan fingerprint density at radius 2 is 2.19 bits per heavy atom. The van der Waals surface area contributed by atoms with Crippen molar-refractivity contribution >= 4 is 5.91 Å². The number of furan rings is 1. The van der Waals surface area contributed by atoms with E-state index in [-0.39, 0.29) is 11.9 Å². The Labute approximate surface area is 150 Å². The van der Waals surface area contributed by atoms with Crippen LogP contribution in [0.1, 0.15) is 48.6 Å². The fourth-order valence-corrected chi connectivity index (χ4v) is 3.13. The van der Waals surface area contributed by atoms with E-state index < -0.39 is 0 Å². The van der Waals surface area contributed by atoms with Crippen LogP contribution in [0.15, 0.2) is 33.5 Å². The van der Waals surface area contributed by atoms with Crippen LogP contribution in [0.3, 0.4) is 0 Å². The van der Waals surface area contributed by atoms with Crippen LogP contribution >= 0.6 is 0 Å². The standard InChI is InChI=1S/C17H20N6O3/c1-2-4-15-18-16(26-20-15)13-11-23(21-19-13)12-6-8-22(9-7-12)17(24)14-5-3-10-25-14/h3,5,10-12H,2,4,6-9H2,1H3. The number of piperidine rings is 1. The van der Waals surface area contributed by atoms with E-state index in [1.54, 1.807) is 12.1 Å². The molecule has 0 unspecified atom stereocenters. The predicted octanol–water partition coefficient (Wildman–Crippen LogP) is 2.35. The van der Waals surface area contributed by atoms with Gasteiger partial charge in [-0.25, -0.2) is 4.68 Å². The minimum Gasteiger partial charge on any atom is -0.459 e. The molecule has 9 heteroatoms. The van der Waals surface area contributed by atoms with Gasteiger partial charge >= 0.3 is 0 Å². The van der Waals surface area contributed by atoms with Crippen LogP contribution < -0.4 is 0 Å². The molecule has 1 aliphatic heterocycles. The molecule has 0 bridgehead atoms. The topological polar surface area (TPSA) is 103 Å². The Balaban J connectivity index is 1.39. The number of likely N-dealkylation sites (tertiary alicyclic amines) is 1. The first kappa shape index (κ1) is 16.5. The summed E-state index contributed by atoms with van der Waals surface area (Å²) < 4.78 is 12.3. The highest BCUT2D eigenvalue weighted by Crippen LogP contribution is 2.24. The molecule has 0 saturated carbocycles. The number of aromatic nitrogens is 5. The second-order valence-electron chi connectivity index (χ2n) is 6.35. The second-order valence-corrected chi connectivity index (χ2v) is 6.35. The zero-order valence-electron chi connectivity index (χ0n) is 14.5. The third-order valence-corrected chi connectivity index (χ3v) is 4.53. The molecule has 0 aromatic carbocycles.